The fraction of sp³-hybridized carbons (Fsp3) is 0.750. The number of amides is 4. The molecular formula is C16H28N4O5. The van der Waals surface area contributed by atoms with E-state index in [-0.39, 0.29) is 30.7 Å². The van der Waals surface area contributed by atoms with Crippen molar-refractivity contribution < 1.29 is 24.3 Å². The molecule has 1 saturated carbocycles. The van der Waals surface area contributed by atoms with Crippen LogP contribution in [0.4, 0.5) is 4.79 Å². The summed E-state index contributed by atoms with van der Waals surface area (Å²) in [5.41, 5.74) is 5.33. The van der Waals surface area contributed by atoms with Crippen LogP contribution in [0.5, 0.6) is 0 Å². The Hall–Kier alpha value is -2.32. The summed E-state index contributed by atoms with van der Waals surface area (Å²) in [6, 6.07) is -1.62. The van der Waals surface area contributed by atoms with Gasteiger partial charge in [-0.05, 0) is 38.0 Å². The quantitative estimate of drug-likeness (QED) is 0.329. The summed E-state index contributed by atoms with van der Waals surface area (Å²) in [4.78, 5) is 46.4. The van der Waals surface area contributed by atoms with Crippen LogP contribution in [0.3, 0.4) is 0 Å². The smallest absolute Gasteiger partial charge is 0.404 e. The molecule has 6 N–H and O–H groups in total. The van der Waals surface area contributed by atoms with E-state index in [0.717, 1.165) is 12.8 Å². The number of nitrogens with one attached hydrogen (secondary N) is 3. The molecule has 0 radical (unpaired) electrons. The lowest BCUT2D eigenvalue weighted by Gasteiger charge is -2.23. The zero-order chi connectivity index (χ0) is 19.0. The van der Waals surface area contributed by atoms with Crippen LogP contribution in [0.25, 0.3) is 0 Å². The van der Waals surface area contributed by atoms with Gasteiger partial charge in [-0.1, -0.05) is 13.8 Å². The number of rotatable bonds is 11. The summed E-state index contributed by atoms with van der Waals surface area (Å²) in [5, 5.41) is 16.1. The third-order valence-corrected chi connectivity index (χ3v) is 3.89. The van der Waals surface area contributed by atoms with Crippen molar-refractivity contribution in [1.29, 1.82) is 0 Å². The van der Waals surface area contributed by atoms with Crippen LogP contribution in [-0.2, 0) is 14.4 Å². The number of hydrogen-bond donors (Lipinski definition) is 5. The highest BCUT2D eigenvalue weighted by molar-refractivity contribution is 5.92. The van der Waals surface area contributed by atoms with E-state index in [1.54, 1.807) is 0 Å². The molecule has 9 heteroatoms. The van der Waals surface area contributed by atoms with Crippen molar-refractivity contribution in [2.75, 3.05) is 6.54 Å². The SMILES string of the molecule is CC(C)C[C@H](NC(=O)[C@H](CCCNC(=O)O)NC(=O)C1CC1)C(N)=O. The van der Waals surface area contributed by atoms with Gasteiger partial charge in [0.05, 0.1) is 0 Å². The first-order valence-corrected chi connectivity index (χ1v) is 8.57. The van der Waals surface area contributed by atoms with Crippen molar-refractivity contribution in [2.45, 2.75) is 58.0 Å². The lowest BCUT2D eigenvalue weighted by Crippen LogP contribution is -2.53. The second-order valence-corrected chi connectivity index (χ2v) is 6.80. The summed E-state index contributed by atoms with van der Waals surface area (Å²) in [6.07, 6.45) is 1.51. The van der Waals surface area contributed by atoms with Crippen molar-refractivity contribution in [3.63, 3.8) is 0 Å². The number of primary amides is 1. The summed E-state index contributed by atoms with van der Waals surface area (Å²) in [6.45, 7) is 3.99. The van der Waals surface area contributed by atoms with Gasteiger partial charge in [-0.25, -0.2) is 4.79 Å². The number of carboxylic acid groups (broad SMARTS) is 1. The van der Waals surface area contributed by atoms with Crippen LogP contribution in [0, 0.1) is 11.8 Å². The average molecular weight is 356 g/mol. The summed E-state index contributed by atoms with van der Waals surface area (Å²) < 4.78 is 0. The van der Waals surface area contributed by atoms with Crippen LogP contribution >= 0.6 is 0 Å². The third-order valence-electron chi connectivity index (χ3n) is 3.89. The Balaban J connectivity index is 2.63. The molecule has 1 fully saturated rings. The van der Waals surface area contributed by atoms with E-state index in [9.17, 15) is 19.2 Å². The molecule has 0 bridgehead atoms. The monoisotopic (exact) mass is 356 g/mol. The molecule has 0 saturated heterocycles. The van der Waals surface area contributed by atoms with E-state index >= 15 is 0 Å². The molecule has 0 aliphatic heterocycles. The van der Waals surface area contributed by atoms with Gasteiger partial charge in [0.25, 0.3) is 0 Å². The largest absolute Gasteiger partial charge is 0.465 e. The van der Waals surface area contributed by atoms with Crippen molar-refractivity contribution in [3.8, 4) is 0 Å². The molecule has 2 atom stereocenters. The standard InChI is InChI=1S/C16H28N4O5/c1-9(2)8-12(13(17)21)20-15(23)11(4-3-7-18-16(24)25)19-14(22)10-5-6-10/h9-12,18H,3-8H2,1-2H3,(H2,17,21)(H,19,22)(H,20,23)(H,24,25)/t11-,12-/m0/s1. The zero-order valence-corrected chi connectivity index (χ0v) is 14.7. The van der Waals surface area contributed by atoms with Gasteiger partial charge in [0.15, 0.2) is 0 Å². The van der Waals surface area contributed by atoms with Gasteiger partial charge in [0.1, 0.15) is 12.1 Å². The molecule has 1 aliphatic rings. The summed E-state index contributed by atoms with van der Waals surface area (Å²) in [5.74, 6) is -1.19. The summed E-state index contributed by atoms with van der Waals surface area (Å²) in [7, 11) is 0. The Morgan fingerprint density at radius 3 is 2.24 bits per heavy atom. The normalized spacial score (nSPS) is 16.0. The summed E-state index contributed by atoms with van der Waals surface area (Å²) >= 11 is 0. The van der Waals surface area contributed by atoms with E-state index in [4.69, 9.17) is 10.8 Å². The Labute approximate surface area is 147 Å². The minimum absolute atomic E-state index is 0.0601. The Kier molecular flexibility index (Phi) is 8.17. The maximum atomic E-state index is 12.5. The first kappa shape index (κ1) is 20.7. The highest BCUT2D eigenvalue weighted by atomic mass is 16.4. The lowest BCUT2D eigenvalue weighted by molar-refractivity contribution is -0.132. The topological polar surface area (TPSA) is 151 Å². The fourth-order valence-corrected chi connectivity index (χ4v) is 2.40. The predicted octanol–water partition coefficient (Wildman–Crippen LogP) is -0.0548. The second kappa shape index (κ2) is 9.85. The molecule has 0 aromatic rings. The van der Waals surface area contributed by atoms with E-state index in [1.165, 1.54) is 0 Å². The van der Waals surface area contributed by atoms with Crippen LogP contribution < -0.4 is 21.7 Å². The average Bonchev–Trinajstić information content (AvgIpc) is 3.33. The van der Waals surface area contributed by atoms with Gasteiger partial charge in [-0.3, -0.25) is 14.4 Å². The van der Waals surface area contributed by atoms with E-state index in [1.807, 2.05) is 13.8 Å². The second-order valence-electron chi connectivity index (χ2n) is 6.80. The number of carbonyl (C=O) groups is 4. The molecule has 9 nitrogen and oxygen atoms in total. The molecule has 1 aliphatic carbocycles. The Morgan fingerprint density at radius 1 is 1.12 bits per heavy atom. The first-order chi connectivity index (χ1) is 11.7. The van der Waals surface area contributed by atoms with Crippen molar-refractivity contribution in [1.82, 2.24) is 16.0 Å². The molecule has 4 amide bonds. The molecule has 142 valence electrons. The van der Waals surface area contributed by atoms with Crippen LogP contribution in [-0.4, -0.2) is 47.5 Å². The van der Waals surface area contributed by atoms with Crippen LogP contribution in [0.15, 0.2) is 0 Å². The molecule has 1 rings (SSSR count). The van der Waals surface area contributed by atoms with Crippen molar-refractivity contribution >= 4 is 23.8 Å². The van der Waals surface area contributed by atoms with Crippen molar-refractivity contribution in [2.24, 2.45) is 17.6 Å². The van der Waals surface area contributed by atoms with E-state index in [0.29, 0.717) is 12.8 Å². The van der Waals surface area contributed by atoms with Gasteiger partial charge in [0.2, 0.25) is 17.7 Å². The maximum absolute atomic E-state index is 12.5. The Bertz CT molecular complexity index is 505. The maximum Gasteiger partial charge on any atom is 0.404 e. The highest BCUT2D eigenvalue weighted by Gasteiger charge is 2.33. The Morgan fingerprint density at radius 2 is 1.76 bits per heavy atom. The predicted molar refractivity (Wildman–Crippen MR) is 90.5 cm³/mol. The molecule has 0 aromatic heterocycles. The minimum Gasteiger partial charge on any atom is -0.465 e. The molecule has 25 heavy (non-hydrogen) atoms. The number of hydrogen-bond acceptors (Lipinski definition) is 4. The molecule has 0 spiro atoms. The van der Waals surface area contributed by atoms with Crippen LogP contribution in [0.1, 0.15) is 46.0 Å². The lowest BCUT2D eigenvalue weighted by atomic mass is 10.0. The van der Waals surface area contributed by atoms with Gasteiger partial charge < -0.3 is 26.8 Å². The molecule has 0 heterocycles. The third kappa shape index (κ3) is 8.37. The van der Waals surface area contributed by atoms with E-state index in [2.05, 4.69) is 16.0 Å². The molecule has 0 unspecified atom stereocenters. The van der Waals surface area contributed by atoms with Crippen LogP contribution in [0.2, 0.25) is 0 Å². The van der Waals surface area contributed by atoms with E-state index < -0.39 is 30.0 Å². The number of carbonyl (C=O) groups excluding carboxylic acids is 3. The van der Waals surface area contributed by atoms with Gasteiger partial charge in [0, 0.05) is 12.5 Å². The highest BCUT2D eigenvalue weighted by Crippen LogP contribution is 2.29. The molecule has 0 aromatic carbocycles. The van der Waals surface area contributed by atoms with Gasteiger partial charge >= 0.3 is 6.09 Å². The molecular weight excluding hydrogens is 328 g/mol. The van der Waals surface area contributed by atoms with Gasteiger partial charge in [-0.2, -0.15) is 0 Å². The minimum atomic E-state index is -1.14. The zero-order valence-electron chi connectivity index (χ0n) is 14.7. The fourth-order valence-electron chi connectivity index (χ4n) is 2.40. The number of nitrogens with two attached hydrogens (primary N) is 1. The first-order valence-electron chi connectivity index (χ1n) is 8.57. The van der Waals surface area contributed by atoms with Crippen molar-refractivity contribution in [3.05, 3.63) is 0 Å². The van der Waals surface area contributed by atoms with Gasteiger partial charge in [-0.15, -0.1) is 0 Å².